The molecule has 1 aromatic heterocycles. The van der Waals surface area contributed by atoms with E-state index in [0.717, 1.165) is 42.5 Å². The number of aryl methyl sites for hydroxylation is 1. The lowest BCUT2D eigenvalue weighted by atomic mass is 9.84. The molecule has 0 unspecified atom stereocenters. The Balaban J connectivity index is 1.40. The predicted octanol–water partition coefficient (Wildman–Crippen LogP) is 3.67. The number of hydrogen-bond acceptors (Lipinski definition) is 4. The molecule has 1 aliphatic rings. The Morgan fingerprint density at radius 1 is 1.07 bits per heavy atom. The standard InChI is InChI=1S/C23H27N3O2/c1-18-24-13-16-26(18)20-9-7-19(8-10-20)17-25-14-11-23(27,12-15-25)21-5-3-4-6-22(21)28-2/h3-10,13,16,27H,11-12,14-15,17H2,1-2H3. The van der Waals surface area contributed by atoms with Crippen molar-refractivity contribution in [3.8, 4) is 11.4 Å². The molecule has 1 N–H and O–H groups in total. The molecule has 28 heavy (non-hydrogen) atoms. The fraction of sp³-hybridized carbons (Fsp3) is 0.348. The van der Waals surface area contributed by atoms with Crippen molar-refractivity contribution in [3.05, 3.63) is 77.9 Å². The Morgan fingerprint density at radius 3 is 2.43 bits per heavy atom. The monoisotopic (exact) mass is 377 g/mol. The van der Waals surface area contributed by atoms with E-state index in [-0.39, 0.29) is 0 Å². The van der Waals surface area contributed by atoms with E-state index in [4.69, 9.17) is 4.74 Å². The molecule has 5 nitrogen and oxygen atoms in total. The van der Waals surface area contributed by atoms with Crippen molar-refractivity contribution in [2.75, 3.05) is 20.2 Å². The van der Waals surface area contributed by atoms with Crippen LogP contribution in [-0.2, 0) is 12.1 Å². The number of aliphatic hydroxyl groups is 1. The molecular weight excluding hydrogens is 350 g/mol. The zero-order valence-electron chi connectivity index (χ0n) is 16.5. The summed E-state index contributed by atoms with van der Waals surface area (Å²) in [7, 11) is 1.66. The molecule has 3 aromatic rings. The molecule has 2 heterocycles. The number of benzene rings is 2. The molecule has 4 rings (SSSR count). The number of piperidine rings is 1. The van der Waals surface area contributed by atoms with Crippen molar-refractivity contribution >= 4 is 0 Å². The van der Waals surface area contributed by atoms with Gasteiger partial charge in [0.25, 0.3) is 0 Å². The average Bonchev–Trinajstić information content (AvgIpc) is 3.16. The second-order valence-corrected chi connectivity index (χ2v) is 7.52. The molecule has 0 radical (unpaired) electrons. The highest BCUT2D eigenvalue weighted by Gasteiger charge is 2.36. The highest BCUT2D eigenvalue weighted by molar-refractivity contribution is 5.38. The van der Waals surface area contributed by atoms with E-state index in [9.17, 15) is 5.11 Å². The lowest BCUT2D eigenvalue weighted by Gasteiger charge is -2.39. The van der Waals surface area contributed by atoms with Crippen LogP contribution in [0, 0.1) is 6.92 Å². The largest absolute Gasteiger partial charge is 0.496 e. The first-order chi connectivity index (χ1) is 13.6. The summed E-state index contributed by atoms with van der Waals surface area (Å²) < 4.78 is 7.54. The Hall–Kier alpha value is -2.63. The van der Waals surface area contributed by atoms with Gasteiger partial charge in [-0.3, -0.25) is 4.90 Å². The normalized spacial score (nSPS) is 16.8. The summed E-state index contributed by atoms with van der Waals surface area (Å²) in [6.45, 7) is 4.61. The second-order valence-electron chi connectivity index (χ2n) is 7.52. The van der Waals surface area contributed by atoms with Gasteiger partial charge in [0.2, 0.25) is 0 Å². The van der Waals surface area contributed by atoms with Gasteiger partial charge in [-0.1, -0.05) is 30.3 Å². The molecule has 2 aromatic carbocycles. The summed E-state index contributed by atoms with van der Waals surface area (Å²) >= 11 is 0. The molecule has 1 aliphatic heterocycles. The summed E-state index contributed by atoms with van der Waals surface area (Å²) in [5.74, 6) is 1.75. The third-order valence-corrected chi connectivity index (χ3v) is 5.74. The van der Waals surface area contributed by atoms with Crippen molar-refractivity contribution in [2.24, 2.45) is 0 Å². The van der Waals surface area contributed by atoms with E-state index in [0.29, 0.717) is 12.8 Å². The van der Waals surface area contributed by atoms with Crippen molar-refractivity contribution < 1.29 is 9.84 Å². The number of aromatic nitrogens is 2. The third kappa shape index (κ3) is 3.68. The van der Waals surface area contributed by atoms with Gasteiger partial charge in [0.15, 0.2) is 0 Å². The Kier molecular flexibility index (Phi) is 5.20. The van der Waals surface area contributed by atoms with Gasteiger partial charge in [0, 0.05) is 43.3 Å². The molecule has 146 valence electrons. The van der Waals surface area contributed by atoms with Crippen LogP contribution in [0.25, 0.3) is 5.69 Å². The molecule has 1 fully saturated rings. The van der Waals surface area contributed by atoms with E-state index in [1.807, 2.05) is 43.6 Å². The summed E-state index contributed by atoms with van der Waals surface area (Å²) in [6, 6.07) is 16.4. The van der Waals surface area contributed by atoms with Gasteiger partial charge in [0.1, 0.15) is 11.6 Å². The maximum absolute atomic E-state index is 11.2. The highest BCUT2D eigenvalue weighted by Crippen LogP contribution is 2.38. The number of imidazole rings is 1. The fourth-order valence-corrected chi connectivity index (χ4v) is 4.05. The highest BCUT2D eigenvalue weighted by atomic mass is 16.5. The lowest BCUT2D eigenvalue weighted by Crippen LogP contribution is -2.42. The van der Waals surface area contributed by atoms with Crippen molar-refractivity contribution in [1.29, 1.82) is 0 Å². The minimum absolute atomic E-state index is 0.708. The van der Waals surface area contributed by atoms with Crippen molar-refractivity contribution in [3.63, 3.8) is 0 Å². The molecule has 1 saturated heterocycles. The number of nitrogens with zero attached hydrogens (tertiary/aromatic N) is 3. The van der Waals surface area contributed by atoms with Crippen LogP contribution < -0.4 is 4.74 Å². The minimum Gasteiger partial charge on any atom is -0.496 e. The van der Waals surface area contributed by atoms with Crippen LogP contribution in [0.1, 0.15) is 29.8 Å². The van der Waals surface area contributed by atoms with Crippen molar-refractivity contribution in [2.45, 2.75) is 31.9 Å². The van der Waals surface area contributed by atoms with Gasteiger partial charge < -0.3 is 14.4 Å². The average molecular weight is 377 g/mol. The smallest absolute Gasteiger partial charge is 0.124 e. The molecule has 0 atom stereocenters. The van der Waals surface area contributed by atoms with Crippen LogP contribution in [0.2, 0.25) is 0 Å². The van der Waals surface area contributed by atoms with Gasteiger partial charge in [-0.25, -0.2) is 4.98 Å². The molecule has 0 amide bonds. The van der Waals surface area contributed by atoms with Gasteiger partial charge in [-0.2, -0.15) is 0 Å². The van der Waals surface area contributed by atoms with Crippen LogP contribution in [0.3, 0.4) is 0 Å². The Bertz CT molecular complexity index is 925. The van der Waals surface area contributed by atoms with Gasteiger partial charge in [0.05, 0.1) is 12.7 Å². The van der Waals surface area contributed by atoms with E-state index < -0.39 is 5.60 Å². The molecule has 0 saturated carbocycles. The summed E-state index contributed by atoms with van der Waals surface area (Å²) in [5.41, 5.74) is 2.50. The van der Waals surface area contributed by atoms with Gasteiger partial charge in [-0.15, -0.1) is 0 Å². The lowest BCUT2D eigenvalue weighted by molar-refractivity contribution is -0.0292. The van der Waals surface area contributed by atoms with Crippen molar-refractivity contribution in [1.82, 2.24) is 14.5 Å². The summed E-state index contributed by atoms with van der Waals surface area (Å²) in [5, 5.41) is 11.2. The molecule has 0 spiro atoms. The first-order valence-electron chi connectivity index (χ1n) is 9.76. The zero-order valence-corrected chi connectivity index (χ0v) is 16.5. The predicted molar refractivity (Wildman–Crippen MR) is 110 cm³/mol. The first kappa shape index (κ1) is 18.7. The van der Waals surface area contributed by atoms with Crippen LogP contribution in [0.15, 0.2) is 60.9 Å². The van der Waals surface area contributed by atoms with Crippen LogP contribution in [0.5, 0.6) is 5.75 Å². The Labute approximate surface area is 166 Å². The summed E-state index contributed by atoms with van der Waals surface area (Å²) in [4.78, 5) is 6.69. The molecular formula is C23H27N3O2. The molecule has 0 bridgehead atoms. The maximum Gasteiger partial charge on any atom is 0.124 e. The maximum atomic E-state index is 11.2. The van der Waals surface area contributed by atoms with Crippen LogP contribution in [-0.4, -0.2) is 39.8 Å². The van der Waals surface area contributed by atoms with E-state index in [1.165, 1.54) is 5.56 Å². The van der Waals surface area contributed by atoms with E-state index in [2.05, 4.69) is 38.7 Å². The number of para-hydroxylation sites is 1. The first-order valence-corrected chi connectivity index (χ1v) is 9.76. The summed E-state index contributed by atoms with van der Waals surface area (Å²) in [6.07, 6.45) is 5.22. The zero-order chi connectivity index (χ0) is 19.6. The third-order valence-electron chi connectivity index (χ3n) is 5.74. The second kappa shape index (κ2) is 7.78. The number of ether oxygens (including phenoxy) is 1. The van der Waals surface area contributed by atoms with Gasteiger partial charge >= 0.3 is 0 Å². The Morgan fingerprint density at radius 2 is 1.79 bits per heavy atom. The number of hydrogen-bond donors (Lipinski definition) is 1. The number of rotatable bonds is 5. The minimum atomic E-state index is -0.814. The number of likely N-dealkylation sites (tertiary alicyclic amines) is 1. The van der Waals surface area contributed by atoms with Crippen LogP contribution in [0.4, 0.5) is 0 Å². The van der Waals surface area contributed by atoms with Crippen LogP contribution >= 0.6 is 0 Å². The molecule has 0 aliphatic carbocycles. The van der Waals surface area contributed by atoms with E-state index in [1.54, 1.807) is 7.11 Å². The quantitative estimate of drug-likeness (QED) is 0.737. The fourth-order valence-electron chi connectivity index (χ4n) is 4.05. The molecule has 5 heteroatoms. The topological polar surface area (TPSA) is 50.5 Å². The number of methoxy groups -OCH3 is 1. The van der Waals surface area contributed by atoms with E-state index >= 15 is 0 Å². The SMILES string of the molecule is COc1ccccc1C1(O)CCN(Cc2ccc(-n3ccnc3C)cc2)CC1. The van der Waals surface area contributed by atoms with Gasteiger partial charge in [-0.05, 0) is 43.5 Å².